The van der Waals surface area contributed by atoms with E-state index in [-0.39, 0.29) is 17.1 Å². The number of benzene rings is 1. The van der Waals surface area contributed by atoms with Crippen LogP contribution in [-0.4, -0.2) is 5.60 Å². The summed E-state index contributed by atoms with van der Waals surface area (Å²) in [5, 5.41) is 9.15. The van der Waals surface area contributed by atoms with E-state index >= 15 is 0 Å². The van der Waals surface area contributed by atoms with E-state index in [1.165, 1.54) is 12.0 Å². The fourth-order valence-corrected chi connectivity index (χ4v) is 3.30. The van der Waals surface area contributed by atoms with Gasteiger partial charge in [-0.1, -0.05) is 12.1 Å². The highest BCUT2D eigenvalue weighted by Gasteiger charge is 2.44. The van der Waals surface area contributed by atoms with E-state index in [1.54, 1.807) is 0 Å². The number of nitrogens with two attached hydrogens (primary N) is 1. The van der Waals surface area contributed by atoms with E-state index in [1.807, 2.05) is 19.9 Å². The highest BCUT2D eigenvalue weighted by atomic mass is 16.5. The van der Waals surface area contributed by atoms with Crippen LogP contribution in [0.15, 0.2) is 18.2 Å². The summed E-state index contributed by atoms with van der Waals surface area (Å²) in [6.45, 7) is 3.93. The van der Waals surface area contributed by atoms with Crippen LogP contribution in [0.4, 0.5) is 0 Å². The lowest BCUT2D eigenvalue weighted by molar-refractivity contribution is -0.0329. The van der Waals surface area contributed by atoms with Crippen LogP contribution in [0.1, 0.15) is 56.7 Å². The van der Waals surface area contributed by atoms with Crippen molar-refractivity contribution in [1.29, 1.82) is 5.26 Å². The zero-order chi connectivity index (χ0) is 14.4. The molecule has 2 aliphatic rings. The zero-order valence-corrected chi connectivity index (χ0v) is 12.3. The molecule has 0 amide bonds. The van der Waals surface area contributed by atoms with Gasteiger partial charge >= 0.3 is 0 Å². The van der Waals surface area contributed by atoms with Crippen molar-refractivity contribution in [3.8, 4) is 11.8 Å². The van der Waals surface area contributed by atoms with Crippen molar-refractivity contribution in [3.05, 3.63) is 29.3 Å². The third-order valence-electron chi connectivity index (χ3n) is 4.61. The third kappa shape index (κ3) is 2.29. The third-order valence-corrected chi connectivity index (χ3v) is 4.61. The van der Waals surface area contributed by atoms with Crippen LogP contribution >= 0.6 is 0 Å². The number of hydrogen-bond donors (Lipinski definition) is 1. The first-order valence-corrected chi connectivity index (χ1v) is 7.42. The minimum absolute atomic E-state index is 0.0137. The molecular formula is C17H22N2O. The Bertz CT molecular complexity index is 567. The molecule has 3 heteroatoms. The topological polar surface area (TPSA) is 59.0 Å². The molecule has 0 saturated heterocycles. The van der Waals surface area contributed by atoms with E-state index in [9.17, 15) is 0 Å². The monoisotopic (exact) mass is 270 g/mol. The smallest absolute Gasteiger partial charge is 0.124 e. The van der Waals surface area contributed by atoms with Crippen molar-refractivity contribution in [2.45, 2.75) is 57.6 Å². The summed E-state index contributed by atoms with van der Waals surface area (Å²) >= 11 is 0. The SMILES string of the molecule is CC(C)(C#N)Cc1ccc2c(c1)[C@@H](N)CC1(CCC1)O2. The van der Waals surface area contributed by atoms with Crippen LogP contribution < -0.4 is 10.5 Å². The molecule has 0 unspecified atom stereocenters. The van der Waals surface area contributed by atoms with Gasteiger partial charge in [0.1, 0.15) is 11.4 Å². The van der Waals surface area contributed by atoms with E-state index in [0.717, 1.165) is 37.0 Å². The Morgan fingerprint density at radius 1 is 1.45 bits per heavy atom. The maximum atomic E-state index is 9.15. The molecule has 3 nitrogen and oxygen atoms in total. The standard InChI is InChI=1S/C17H22N2O/c1-16(2,11-18)9-12-4-5-15-13(8-12)14(19)10-17(20-15)6-3-7-17/h4-5,8,14H,3,6-7,9-10,19H2,1-2H3/t14-/m0/s1. The van der Waals surface area contributed by atoms with Gasteiger partial charge in [-0.25, -0.2) is 0 Å². The molecule has 3 rings (SSSR count). The van der Waals surface area contributed by atoms with E-state index in [4.69, 9.17) is 15.7 Å². The van der Waals surface area contributed by atoms with Crippen LogP contribution in [0, 0.1) is 16.7 Å². The Morgan fingerprint density at radius 2 is 2.20 bits per heavy atom. The van der Waals surface area contributed by atoms with Crippen LogP contribution in [0.3, 0.4) is 0 Å². The number of nitriles is 1. The number of rotatable bonds is 2. The minimum atomic E-state index is -0.344. The van der Waals surface area contributed by atoms with Gasteiger partial charge in [0.25, 0.3) is 0 Å². The normalized spacial score (nSPS) is 23.4. The van der Waals surface area contributed by atoms with Crippen molar-refractivity contribution < 1.29 is 4.74 Å². The molecule has 1 atom stereocenters. The van der Waals surface area contributed by atoms with Gasteiger partial charge in [0, 0.05) is 18.0 Å². The predicted molar refractivity (Wildman–Crippen MR) is 78.3 cm³/mol. The summed E-state index contributed by atoms with van der Waals surface area (Å²) in [5.74, 6) is 0.946. The second-order valence-electron chi connectivity index (χ2n) is 6.99. The quantitative estimate of drug-likeness (QED) is 0.895. The molecule has 0 bridgehead atoms. The molecule has 1 aromatic rings. The van der Waals surface area contributed by atoms with E-state index in [0.29, 0.717) is 0 Å². The van der Waals surface area contributed by atoms with Crippen LogP contribution in [0.2, 0.25) is 0 Å². The molecule has 1 spiro atoms. The summed E-state index contributed by atoms with van der Waals surface area (Å²) in [4.78, 5) is 0. The molecule has 2 N–H and O–H groups in total. The predicted octanol–water partition coefficient (Wildman–Crippen LogP) is 3.48. The van der Waals surface area contributed by atoms with E-state index in [2.05, 4.69) is 18.2 Å². The first-order valence-electron chi connectivity index (χ1n) is 7.42. The molecule has 1 heterocycles. The molecule has 1 aliphatic carbocycles. The van der Waals surface area contributed by atoms with Gasteiger partial charge in [0.15, 0.2) is 0 Å². The van der Waals surface area contributed by atoms with Crippen LogP contribution in [0.25, 0.3) is 0 Å². The van der Waals surface area contributed by atoms with Gasteiger partial charge in [-0.2, -0.15) is 5.26 Å². The van der Waals surface area contributed by atoms with Crippen molar-refractivity contribution in [2.24, 2.45) is 11.1 Å². The second-order valence-corrected chi connectivity index (χ2v) is 6.99. The molecule has 0 radical (unpaired) electrons. The fourth-order valence-electron chi connectivity index (χ4n) is 3.30. The summed E-state index contributed by atoms with van der Waals surface area (Å²) in [6, 6.07) is 8.65. The van der Waals surface area contributed by atoms with Gasteiger partial charge < -0.3 is 10.5 Å². The molecule has 1 aromatic carbocycles. The molecule has 20 heavy (non-hydrogen) atoms. The average molecular weight is 270 g/mol. The van der Waals surface area contributed by atoms with Gasteiger partial charge in [-0.15, -0.1) is 0 Å². The first kappa shape index (κ1) is 13.5. The Hall–Kier alpha value is -1.53. The first-order chi connectivity index (χ1) is 9.43. The fraction of sp³-hybridized carbons (Fsp3) is 0.588. The Balaban J connectivity index is 1.87. The number of ether oxygens (including phenoxy) is 1. The van der Waals surface area contributed by atoms with Gasteiger partial charge in [0.05, 0.1) is 11.5 Å². The summed E-state index contributed by atoms with van der Waals surface area (Å²) in [6.07, 6.45) is 5.17. The Kier molecular flexibility index (Phi) is 3.02. The Labute approximate surface area is 120 Å². The molecule has 1 fully saturated rings. The van der Waals surface area contributed by atoms with Crippen molar-refractivity contribution in [1.82, 2.24) is 0 Å². The molecule has 1 aliphatic heterocycles. The summed E-state index contributed by atoms with van der Waals surface area (Å²) in [5.41, 5.74) is 8.29. The van der Waals surface area contributed by atoms with Crippen molar-refractivity contribution >= 4 is 0 Å². The lowest BCUT2D eigenvalue weighted by atomic mass is 9.73. The van der Waals surface area contributed by atoms with Crippen LogP contribution in [0.5, 0.6) is 5.75 Å². The van der Waals surface area contributed by atoms with Gasteiger partial charge in [-0.05, 0) is 51.2 Å². The zero-order valence-electron chi connectivity index (χ0n) is 12.3. The van der Waals surface area contributed by atoms with Gasteiger partial charge in [0.2, 0.25) is 0 Å². The summed E-state index contributed by atoms with van der Waals surface area (Å²) in [7, 11) is 0. The molecule has 1 saturated carbocycles. The summed E-state index contributed by atoms with van der Waals surface area (Å²) < 4.78 is 6.19. The highest BCUT2D eigenvalue weighted by Crippen LogP contribution is 2.48. The molecule has 0 aromatic heterocycles. The lowest BCUT2D eigenvalue weighted by Gasteiger charge is -2.47. The Morgan fingerprint density at radius 3 is 2.80 bits per heavy atom. The molecular weight excluding hydrogens is 248 g/mol. The molecule has 106 valence electrons. The van der Waals surface area contributed by atoms with Crippen LogP contribution in [-0.2, 0) is 6.42 Å². The van der Waals surface area contributed by atoms with Crippen molar-refractivity contribution in [2.75, 3.05) is 0 Å². The number of nitrogens with zero attached hydrogens (tertiary/aromatic N) is 1. The largest absolute Gasteiger partial charge is 0.487 e. The van der Waals surface area contributed by atoms with Gasteiger partial charge in [-0.3, -0.25) is 0 Å². The second kappa shape index (κ2) is 4.49. The number of hydrogen-bond acceptors (Lipinski definition) is 3. The average Bonchev–Trinajstić information content (AvgIpc) is 2.37. The van der Waals surface area contributed by atoms with Crippen molar-refractivity contribution in [3.63, 3.8) is 0 Å². The minimum Gasteiger partial charge on any atom is -0.487 e. The number of fused-ring (bicyclic) bond motifs is 1. The van der Waals surface area contributed by atoms with E-state index < -0.39 is 0 Å². The maximum Gasteiger partial charge on any atom is 0.124 e. The lowest BCUT2D eigenvalue weighted by Crippen LogP contribution is -2.48. The maximum absolute atomic E-state index is 9.15. The highest BCUT2D eigenvalue weighted by molar-refractivity contribution is 5.42.